The minimum atomic E-state index is -3.50. The molecule has 6 heteroatoms. The molecule has 96 valence electrons. The van der Waals surface area contributed by atoms with Crippen molar-refractivity contribution < 1.29 is 8.78 Å². The Morgan fingerprint density at radius 1 is 1.28 bits per heavy atom. The molecule has 0 aliphatic carbocycles. The van der Waals surface area contributed by atoms with Gasteiger partial charge in [-0.15, -0.1) is 0 Å². The molecule has 0 aromatic carbocycles. The Bertz CT molecular complexity index is 473. The van der Waals surface area contributed by atoms with Crippen LogP contribution >= 0.6 is 11.6 Å². The largest absolute Gasteiger partial charge is 0.364 e. The van der Waals surface area contributed by atoms with Gasteiger partial charge in [0.2, 0.25) is 0 Å². The molecule has 1 fully saturated rings. The molecule has 0 saturated carbocycles. The second-order valence-electron chi connectivity index (χ2n) is 4.22. The maximum atomic E-state index is 13.0. The summed E-state index contributed by atoms with van der Waals surface area (Å²) >= 11 is 4.97. The summed E-state index contributed by atoms with van der Waals surface area (Å²) in [5.41, 5.74) is -0.203. The van der Waals surface area contributed by atoms with E-state index in [0.717, 1.165) is 38.4 Å². The quantitative estimate of drug-likeness (QED) is 0.776. The SMILES string of the molecule is N#Cc1ccc(C(F)(F)Cl)nc1N1CCCCC1. The molecule has 0 atom stereocenters. The Balaban J connectivity index is 2.39. The smallest absolute Gasteiger partial charge is 0.356 e. The number of aromatic nitrogens is 1. The molecule has 0 unspecified atom stereocenters. The van der Waals surface area contributed by atoms with Crippen LogP contribution < -0.4 is 4.90 Å². The maximum absolute atomic E-state index is 13.0. The van der Waals surface area contributed by atoms with E-state index < -0.39 is 11.1 Å². The van der Waals surface area contributed by atoms with Crippen LogP contribution in [0.3, 0.4) is 0 Å². The predicted octanol–water partition coefficient (Wildman–Crippen LogP) is 3.23. The van der Waals surface area contributed by atoms with E-state index in [4.69, 9.17) is 16.9 Å². The van der Waals surface area contributed by atoms with Crippen molar-refractivity contribution in [1.29, 1.82) is 5.26 Å². The Morgan fingerprint density at radius 3 is 2.50 bits per heavy atom. The van der Waals surface area contributed by atoms with Gasteiger partial charge in [0.1, 0.15) is 17.6 Å². The molecular weight excluding hydrogens is 260 g/mol. The molecule has 18 heavy (non-hydrogen) atoms. The molecule has 0 bridgehead atoms. The molecule has 0 radical (unpaired) electrons. The highest BCUT2D eigenvalue weighted by molar-refractivity contribution is 6.21. The van der Waals surface area contributed by atoms with Crippen LogP contribution in [0.15, 0.2) is 12.1 Å². The van der Waals surface area contributed by atoms with Crippen LogP contribution in [0.2, 0.25) is 0 Å². The van der Waals surface area contributed by atoms with E-state index in [1.807, 2.05) is 11.0 Å². The van der Waals surface area contributed by atoms with Crippen molar-refractivity contribution in [2.45, 2.75) is 24.6 Å². The lowest BCUT2D eigenvalue weighted by Crippen LogP contribution is -2.31. The predicted molar refractivity (Wildman–Crippen MR) is 64.8 cm³/mol. The number of alkyl halides is 3. The second kappa shape index (κ2) is 5.07. The van der Waals surface area contributed by atoms with Gasteiger partial charge in [-0.1, -0.05) is 0 Å². The van der Waals surface area contributed by atoms with E-state index in [1.165, 1.54) is 6.07 Å². The van der Waals surface area contributed by atoms with E-state index in [9.17, 15) is 8.78 Å². The normalized spacial score (nSPS) is 16.4. The van der Waals surface area contributed by atoms with Gasteiger partial charge in [0.25, 0.3) is 0 Å². The Labute approximate surface area is 109 Å². The van der Waals surface area contributed by atoms with E-state index in [0.29, 0.717) is 11.4 Å². The van der Waals surface area contributed by atoms with Crippen LogP contribution in [-0.2, 0) is 5.38 Å². The van der Waals surface area contributed by atoms with Crippen molar-refractivity contribution in [3.8, 4) is 6.07 Å². The average Bonchev–Trinajstić information content (AvgIpc) is 2.38. The van der Waals surface area contributed by atoms with Crippen LogP contribution in [0.4, 0.5) is 14.6 Å². The number of piperidine rings is 1. The second-order valence-corrected chi connectivity index (χ2v) is 4.70. The number of nitrogens with zero attached hydrogens (tertiary/aromatic N) is 3. The van der Waals surface area contributed by atoms with Crippen LogP contribution in [0, 0.1) is 11.3 Å². The summed E-state index contributed by atoms with van der Waals surface area (Å²) in [6.07, 6.45) is 3.08. The molecular formula is C12H12ClF2N3. The molecule has 1 aromatic rings. The molecule has 3 nitrogen and oxygen atoms in total. The number of hydrogen-bond acceptors (Lipinski definition) is 3. The van der Waals surface area contributed by atoms with Crippen molar-refractivity contribution in [1.82, 2.24) is 4.98 Å². The van der Waals surface area contributed by atoms with Crippen LogP contribution in [0.5, 0.6) is 0 Å². The zero-order chi connectivity index (χ0) is 13.2. The summed E-state index contributed by atoms with van der Waals surface area (Å²) < 4.78 is 26.1. The molecule has 0 amide bonds. The van der Waals surface area contributed by atoms with Crippen LogP contribution in [-0.4, -0.2) is 18.1 Å². The fourth-order valence-corrected chi connectivity index (χ4v) is 2.15. The third kappa shape index (κ3) is 2.70. The fraction of sp³-hybridized carbons (Fsp3) is 0.500. The molecule has 2 heterocycles. The first-order chi connectivity index (χ1) is 8.52. The molecule has 1 aliphatic rings. The van der Waals surface area contributed by atoms with Gasteiger partial charge >= 0.3 is 5.38 Å². The highest BCUT2D eigenvalue weighted by atomic mass is 35.5. The summed E-state index contributed by atoms with van der Waals surface area (Å²) in [7, 11) is 0. The highest BCUT2D eigenvalue weighted by Gasteiger charge is 2.31. The van der Waals surface area contributed by atoms with E-state index in [1.54, 1.807) is 0 Å². The lowest BCUT2D eigenvalue weighted by Gasteiger charge is -2.28. The monoisotopic (exact) mass is 271 g/mol. The average molecular weight is 272 g/mol. The fourth-order valence-electron chi connectivity index (χ4n) is 2.04. The Kier molecular flexibility index (Phi) is 3.67. The lowest BCUT2D eigenvalue weighted by molar-refractivity contribution is 0.0901. The standard InChI is InChI=1S/C12H12ClF2N3/c13-12(14,15)10-5-4-9(8-16)11(17-10)18-6-2-1-3-7-18/h4-5H,1-3,6-7H2. The topological polar surface area (TPSA) is 39.9 Å². The molecule has 2 rings (SSSR count). The third-order valence-corrected chi connectivity index (χ3v) is 3.14. The first-order valence-corrected chi connectivity index (χ1v) is 6.13. The van der Waals surface area contributed by atoms with Crippen molar-refractivity contribution >= 4 is 17.4 Å². The first-order valence-electron chi connectivity index (χ1n) is 5.75. The number of hydrogen-bond donors (Lipinski definition) is 0. The number of halogens is 3. The minimum absolute atomic E-state index is 0.307. The van der Waals surface area contributed by atoms with E-state index >= 15 is 0 Å². The zero-order valence-electron chi connectivity index (χ0n) is 9.67. The summed E-state index contributed by atoms with van der Waals surface area (Å²) in [6.45, 7) is 1.47. The van der Waals surface area contributed by atoms with Gasteiger partial charge in [-0.05, 0) is 43.0 Å². The summed E-state index contributed by atoms with van der Waals surface area (Å²) in [4.78, 5) is 5.73. The molecule has 0 N–H and O–H groups in total. The Hall–Kier alpha value is -1.41. The number of anilines is 1. The van der Waals surface area contributed by atoms with Crippen LogP contribution in [0.1, 0.15) is 30.5 Å². The minimum Gasteiger partial charge on any atom is -0.356 e. The van der Waals surface area contributed by atoms with Gasteiger partial charge in [-0.25, -0.2) is 4.98 Å². The highest BCUT2D eigenvalue weighted by Crippen LogP contribution is 2.33. The maximum Gasteiger partial charge on any atom is 0.364 e. The van der Waals surface area contributed by atoms with Gasteiger partial charge in [0.15, 0.2) is 0 Å². The van der Waals surface area contributed by atoms with Gasteiger partial charge in [-0.2, -0.15) is 14.0 Å². The van der Waals surface area contributed by atoms with E-state index in [2.05, 4.69) is 4.98 Å². The van der Waals surface area contributed by atoms with Crippen molar-refractivity contribution in [3.05, 3.63) is 23.4 Å². The molecule has 1 aliphatic heterocycles. The summed E-state index contributed by atoms with van der Waals surface area (Å²) in [6, 6.07) is 4.43. The lowest BCUT2D eigenvalue weighted by atomic mass is 10.1. The first kappa shape index (κ1) is 13.0. The van der Waals surface area contributed by atoms with Gasteiger partial charge in [-0.3, -0.25) is 0 Å². The number of rotatable bonds is 2. The van der Waals surface area contributed by atoms with Gasteiger partial charge in [0.05, 0.1) is 5.56 Å². The molecule has 1 saturated heterocycles. The summed E-state index contributed by atoms with van der Waals surface area (Å²) in [5, 5.41) is 5.50. The van der Waals surface area contributed by atoms with Gasteiger partial charge < -0.3 is 4.90 Å². The number of pyridine rings is 1. The number of nitriles is 1. The van der Waals surface area contributed by atoms with Crippen molar-refractivity contribution in [2.75, 3.05) is 18.0 Å². The van der Waals surface area contributed by atoms with Crippen molar-refractivity contribution in [3.63, 3.8) is 0 Å². The third-order valence-electron chi connectivity index (χ3n) is 2.94. The van der Waals surface area contributed by atoms with Gasteiger partial charge in [0, 0.05) is 13.1 Å². The Morgan fingerprint density at radius 2 is 1.94 bits per heavy atom. The van der Waals surface area contributed by atoms with Crippen LogP contribution in [0.25, 0.3) is 0 Å². The van der Waals surface area contributed by atoms with E-state index in [-0.39, 0.29) is 0 Å². The zero-order valence-corrected chi connectivity index (χ0v) is 10.4. The molecule has 1 aromatic heterocycles. The summed E-state index contributed by atoms with van der Waals surface area (Å²) in [5.74, 6) is 0.315. The molecule has 0 spiro atoms. The van der Waals surface area contributed by atoms with Crippen molar-refractivity contribution in [2.24, 2.45) is 0 Å².